The van der Waals surface area contributed by atoms with Crippen molar-refractivity contribution in [1.82, 2.24) is 9.88 Å². The number of pyridine rings is 1. The van der Waals surface area contributed by atoms with E-state index in [2.05, 4.69) is 4.98 Å². The lowest BCUT2D eigenvalue weighted by Crippen LogP contribution is -2.55. The third-order valence-corrected chi connectivity index (χ3v) is 4.49. The van der Waals surface area contributed by atoms with Crippen molar-refractivity contribution < 1.29 is 9.59 Å². The Morgan fingerprint density at radius 1 is 1.29 bits per heavy atom. The van der Waals surface area contributed by atoms with Crippen molar-refractivity contribution in [3.05, 3.63) is 23.9 Å². The van der Waals surface area contributed by atoms with Gasteiger partial charge >= 0.3 is 0 Å². The molecular weight excluding hydrogens is 330 g/mol. The molecule has 1 aliphatic heterocycles. The normalized spacial score (nSPS) is 17.0. The first-order chi connectivity index (χ1) is 11.0. The lowest BCUT2D eigenvalue weighted by molar-refractivity contribution is -0.134. The molecule has 0 radical (unpaired) electrons. The molecule has 4 N–H and O–H groups in total. The van der Waals surface area contributed by atoms with Crippen LogP contribution in [0.15, 0.2) is 18.3 Å². The molecule has 2 rings (SSSR count). The Hall–Kier alpha value is -1.86. The summed E-state index contributed by atoms with van der Waals surface area (Å²) >= 11 is 0. The molecule has 7 nitrogen and oxygen atoms in total. The Morgan fingerprint density at radius 2 is 1.92 bits per heavy atom. The van der Waals surface area contributed by atoms with Gasteiger partial charge in [0.05, 0.1) is 11.6 Å². The van der Waals surface area contributed by atoms with E-state index in [0.29, 0.717) is 37.6 Å². The molecule has 0 saturated carbocycles. The van der Waals surface area contributed by atoms with Crippen LogP contribution in [0.4, 0.5) is 5.82 Å². The number of anilines is 1. The zero-order chi connectivity index (χ0) is 17.0. The van der Waals surface area contributed by atoms with Crippen LogP contribution in [-0.2, 0) is 4.79 Å². The van der Waals surface area contributed by atoms with Crippen molar-refractivity contribution >= 4 is 30.0 Å². The van der Waals surface area contributed by atoms with Crippen LogP contribution in [0.3, 0.4) is 0 Å². The van der Waals surface area contributed by atoms with Crippen molar-refractivity contribution in [2.24, 2.45) is 17.4 Å². The lowest BCUT2D eigenvalue weighted by Gasteiger charge is -2.37. The van der Waals surface area contributed by atoms with Crippen molar-refractivity contribution in [3.63, 3.8) is 0 Å². The number of hydrogen-bond acceptors (Lipinski definition) is 5. The molecule has 134 valence electrons. The first kappa shape index (κ1) is 20.2. The molecule has 1 aromatic heterocycles. The second-order valence-corrected chi connectivity index (χ2v) is 5.96. The molecule has 0 aliphatic carbocycles. The van der Waals surface area contributed by atoms with Crippen LogP contribution in [0.25, 0.3) is 0 Å². The number of aromatic nitrogens is 1. The largest absolute Gasteiger partial charge is 0.365 e. The highest BCUT2D eigenvalue weighted by atomic mass is 35.5. The maximum absolute atomic E-state index is 12.4. The molecule has 8 heteroatoms. The van der Waals surface area contributed by atoms with Crippen LogP contribution in [0.1, 0.15) is 30.6 Å². The molecule has 0 bridgehead atoms. The molecule has 1 aromatic rings. The molecular formula is C16H26ClN5O2. The van der Waals surface area contributed by atoms with Crippen LogP contribution < -0.4 is 16.4 Å². The number of nitrogens with zero attached hydrogens (tertiary/aromatic N) is 3. The number of hydrogen-bond donors (Lipinski definition) is 2. The predicted molar refractivity (Wildman–Crippen MR) is 96.2 cm³/mol. The number of carbonyl (C=O) groups is 2. The Bertz CT molecular complexity index is 575. The van der Waals surface area contributed by atoms with Crippen LogP contribution in [0.2, 0.25) is 0 Å². The summed E-state index contributed by atoms with van der Waals surface area (Å²) in [6.45, 7) is 6.37. The van der Waals surface area contributed by atoms with E-state index in [1.54, 1.807) is 23.2 Å². The summed E-state index contributed by atoms with van der Waals surface area (Å²) in [4.78, 5) is 32.0. The first-order valence-electron chi connectivity index (χ1n) is 7.99. The highest BCUT2D eigenvalue weighted by Crippen LogP contribution is 2.19. The zero-order valence-corrected chi connectivity index (χ0v) is 15.0. The van der Waals surface area contributed by atoms with Gasteiger partial charge in [-0.2, -0.15) is 0 Å². The van der Waals surface area contributed by atoms with Crippen molar-refractivity contribution in [3.8, 4) is 0 Å². The smallest absolute Gasteiger partial charge is 0.252 e. The SMILES string of the molecule is CCC(C)C(N)C(=O)N1CCN(c2ncccc2C(N)=O)CC1.Cl. The van der Waals surface area contributed by atoms with E-state index in [-0.39, 0.29) is 24.2 Å². The Morgan fingerprint density at radius 3 is 2.46 bits per heavy atom. The molecule has 2 atom stereocenters. The van der Waals surface area contributed by atoms with E-state index in [9.17, 15) is 9.59 Å². The van der Waals surface area contributed by atoms with Gasteiger partial charge in [0.1, 0.15) is 5.82 Å². The fraction of sp³-hybridized carbons (Fsp3) is 0.562. The lowest BCUT2D eigenvalue weighted by atomic mass is 9.98. The summed E-state index contributed by atoms with van der Waals surface area (Å²) in [5.74, 6) is 0.247. The second-order valence-electron chi connectivity index (χ2n) is 5.96. The molecule has 1 saturated heterocycles. The third-order valence-electron chi connectivity index (χ3n) is 4.49. The average molecular weight is 356 g/mol. The average Bonchev–Trinajstić information content (AvgIpc) is 2.59. The van der Waals surface area contributed by atoms with E-state index < -0.39 is 11.9 Å². The fourth-order valence-corrected chi connectivity index (χ4v) is 2.69. The predicted octanol–water partition coefficient (Wildman–Crippen LogP) is 0.624. The summed E-state index contributed by atoms with van der Waals surface area (Å²) in [5, 5.41) is 0. The first-order valence-corrected chi connectivity index (χ1v) is 7.99. The fourth-order valence-electron chi connectivity index (χ4n) is 2.69. The minimum Gasteiger partial charge on any atom is -0.365 e. The molecule has 24 heavy (non-hydrogen) atoms. The maximum atomic E-state index is 12.4. The number of amides is 2. The van der Waals surface area contributed by atoms with Crippen LogP contribution in [0, 0.1) is 5.92 Å². The van der Waals surface area contributed by atoms with E-state index >= 15 is 0 Å². The molecule has 0 spiro atoms. The van der Waals surface area contributed by atoms with Gasteiger partial charge in [0.25, 0.3) is 5.91 Å². The summed E-state index contributed by atoms with van der Waals surface area (Å²) in [6, 6.07) is 2.90. The highest BCUT2D eigenvalue weighted by molar-refractivity contribution is 5.97. The number of piperazine rings is 1. The zero-order valence-electron chi connectivity index (χ0n) is 14.1. The number of carbonyl (C=O) groups excluding carboxylic acids is 2. The number of halogens is 1. The summed E-state index contributed by atoms with van der Waals surface area (Å²) in [5.41, 5.74) is 11.8. The quantitative estimate of drug-likeness (QED) is 0.805. The van der Waals surface area contributed by atoms with Crippen LogP contribution in [-0.4, -0.2) is 53.9 Å². The minimum atomic E-state index is -0.495. The van der Waals surface area contributed by atoms with Gasteiger partial charge in [-0.25, -0.2) is 4.98 Å². The Kier molecular flexibility index (Phi) is 7.44. The number of nitrogens with two attached hydrogens (primary N) is 2. The molecule has 2 heterocycles. The highest BCUT2D eigenvalue weighted by Gasteiger charge is 2.29. The van der Waals surface area contributed by atoms with Gasteiger partial charge in [-0.3, -0.25) is 9.59 Å². The minimum absolute atomic E-state index is 0. The third kappa shape index (κ3) is 4.36. The van der Waals surface area contributed by atoms with Crippen LogP contribution in [0.5, 0.6) is 0 Å². The van der Waals surface area contributed by atoms with E-state index in [4.69, 9.17) is 11.5 Å². The molecule has 0 aromatic carbocycles. The molecule has 2 unspecified atom stereocenters. The standard InChI is InChI=1S/C16H25N5O2.ClH/c1-3-11(2)13(17)16(23)21-9-7-20(8-10-21)15-12(14(18)22)5-4-6-19-15;/h4-6,11,13H,3,7-10,17H2,1-2H3,(H2,18,22);1H. The van der Waals surface area contributed by atoms with Gasteiger partial charge in [-0.15, -0.1) is 12.4 Å². The number of primary amides is 1. The molecule has 1 fully saturated rings. The van der Waals surface area contributed by atoms with Crippen molar-refractivity contribution in [1.29, 1.82) is 0 Å². The number of rotatable bonds is 5. The van der Waals surface area contributed by atoms with Gasteiger partial charge in [-0.05, 0) is 18.1 Å². The maximum Gasteiger partial charge on any atom is 0.252 e. The van der Waals surface area contributed by atoms with E-state index in [1.807, 2.05) is 18.7 Å². The monoisotopic (exact) mass is 355 g/mol. The Balaban J connectivity index is 0.00000288. The van der Waals surface area contributed by atoms with Crippen LogP contribution >= 0.6 is 12.4 Å². The van der Waals surface area contributed by atoms with Gasteiger partial charge in [0.2, 0.25) is 5.91 Å². The summed E-state index contributed by atoms with van der Waals surface area (Å²) < 4.78 is 0. The van der Waals surface area contributed by atoms with Gasteiger partial charge in [-0.1, -0.05) is 20.3 Å². The molecule has 1 aliphatic rings. The second kappa shape index (κ2) is 8.84. The van der Waals surface area contributed by atoms with Crippen molar-refractivity contribution in [2.45, 2.75) is 26.3 Å². The summed E-state index contributed by atoms with van der Waals surface area (Å²) in [7, 11) is 0. The van der Waals surface area contributed by atoms with E-state index in [0.717, 1.165) is 6.42 Å². The summed E-state index contributed by atoms with van der Waals surface area (Å²) in [6.07, 6.45) is 2.51. The molecule has 2 amide bonds. The van der Waals surface area contributed by atoms with E-state index in [1.165, 1.54) is 0 Å². The van der Waals surface area contributed by atoms with Crippen molar-refractivity contribution in [2.75, 3.05) is 31.1 Å². The van der Waals surface area contributed by atoms with Gasteiger partial charge in [0.15, 0.2) is 0 Å². The topological polar surface area (TPSA) is 106 Å². The van der Waals surface area contributed by atoms with Gasteiger partial charge in [0, 0.05) is 32.4 Å². The van der Waals surface area contributed by atoms with Gasteiger partial charge < -0.3 is 21.3 Å². The Labute approximate surface area is 148 Å².